The van der Waals surface area contributed by atoms with E-state index in [9.17, 15) is 4.79 Å². The van der Waals surface area contributed by atoms with E-state index < -0.39 is 0 Å². The summed E-state index contributed by atoms with van der Waals surface area (Å²) in [6.07, 6.45) is 3.03. The van der Waals surface area contributed by atoms with Gasteiger partial charge in [0.2, 0.25) is 0 Å². The van der Waals surface area contributed by atoms with Crippen molar-refractivity contribution in [1.82, 2.24) is 30.1 Å². The Morgan fingerprint density at radius 2 is 2.50 bits per heavy atom. The van der Waals surface area contributed by atoms with E-state index >= 15 is 0 Å². The second-order valence-electron chi connectivity index (χ2n) is 3.08. The topological polar surface area (TPSA) is 96.5 Å². The molecular formula is C8H10N6OS. The molecule has 2 aromatic heterocycles. The zero-order chi connectivity index (χ0) is 11.2. The van der Waals surface area contributed by atoms with Crippen molar-refractivity contribution in [2.45, 2.75) is 12.8 Å². The van der Waals surface area contributed by atoms with E-state index in [-0.39, 0.29) is 5.91 Å². The van der Waals surface area contributed by atoms with Gasteiger partial charge in [-0.3, -0.25) is 9.89 Å². The van der Waals surface area contributed by atoms with Crippen LogP contribution in [0.3, 0.4) is 0 Å². The molecule has 0 aliphatic heterocycles. The molecule has 0 aromatic carbocycles. The van der Waals surface area contributed by atoms with E-state index in [1.807, 2.05) is 0 Å². The number of hydrogen-bond acceptors (Lipinski definition) is 6. The van der Waals surface area contributed by atoms with Crippen LogP contribution < -0.4 is 5.32 Å². The smallest absolute Gasteiger partial charge is 0.272 e. The zero-order valence-electron chi connectivity index (χ0n) is 8.38. The number of H-pyrrole nitrogens is 1. The molecule has 2 N–H and O–H groups in total. The van der Waals surface area contributed by atoms with Crippen LogP contribution in [0.5, 0.6) is 0 Å². The van der Waals surface area contributed by atoms with Gasteiger partial charge in [-0.25, -0.2) is 4.98 Å². The highest BCUT2D eigenvalue weighted by molar-refractivity contribution is 7.03. The van der Waals surface area contributed by atoms with Crippen LogP contribution in [0.4, 0.5) is 0 Å². The van der Waals surface area contributed by atoms with Gasteiger partial charge in [-0.2, -0.15) is 5.10 Å². The summed E-state index contributed by atoms with van der Waals surface area (Å²) in [4.78, 5) is 15.4. The first-order valence-corrected chi connectivity index (χ1v) is 5.59. The van der Waals surface area contributed by atoms with Crippen LogP contribution in [0, 0.1) is 0 Å². The predicted molar refractivity (Wildman–Crippen MR) is 56.9 cm³/mol. The van der Waals surface area contributed by atoms with Crippen LogP contribution in [-0.4, -0.2) is 37.2 Å². The minimum Gasteiger partial charge on any atom is -0.351 e. The molecule has 0 unspecified atom stereocenters. The Morgan fingerprint density at radius 1 is 1.56 bits per heavy atom. The summed E-state index contributed by atoms with van der Waals surface area (Å²) >= 11 is 1.16. The molecule has 0 radical (unpaired) electrons. The molecule has 0 aliphatic carbocycles. The maximum absolute atomic E-state index is 11.4. The van der Waals surface area contributed by atoms with Crippen molar-refractivity contribution in [3.8, 4) is 0 Å². The van der Waals surface area contributed by atoms with E-state index in [0.29, 0.717) is 12.2 Å². The summed E-state index contributed by atoms with van der Waals surface area (Å²) in [5.74, 6) is 0.635. The Morgan fingerprint density at radius 3 is 3.19 bits per heavy atom. The number of aromatic amines is 1. The zero-order valence-corrected chi connectivity index (χ0v) is 9.20. The molecule has 0 fully saturated rings. The second-order valence-corrected chi connectivity index (χ2v) is 3.69. The Balaban J connectivity index is 1.67. The first kappa shape index (κ1) is 10.7. The van der Waals surface area contributed by atoms with Crippen LogP contribution >= 0.6 is 11.5 Å². The molecule has 2 rings (SSSR count). The minimum atomic E-state index is -0.189. The van der Waals surface area contributed by atoms with Gasteiger partial charge in [-0.1, -0.05) is 4.49 Å². The number of nitrogens with zero attached hydrogens (tertiary/aromatic N) is 4. The van der Waals surface area contributed by atoms with Crippen LogP contribution in [0.15, 0.2) is 11.7 Å². The number of hydrogen-bond donors (Lipinski definition) is 2. The highest BCUT2D eigenvalue weighted by atomic mass is 32.1. The summed E-state index contributed by atoms with van der Waals surface area (Å²) < 4.78 is 3.62. The molecule has 16 heavy (non-hydrogen) atoms. The van der Waals surface area contributed by atoms with Crippen molar-refractivity contribution < 1.29 is 4.79 Å². The van der Waals surface area contributed by atoms with Crippen molar-refractivity contribution in [3.05, 3.63) is 23.2 Å². The fourth-order valence-corrected chi connectivity index (χ4v) is 1.60. The normalized spacial score (nSPS) is 10.2. The third-order valence-electron chi connectivity index (χ3n) is 1.93. The lowest BCUT2D eigenvalue weighted by molar-refractivity contribution is 0.0948. The van der Waals surface area contributed by atoms with Crippen molar-refractivity contribution in [2.24, 2.45) is 0 Å². The van der Waals surface area contributed by atoms with Gasteiger partial charge in [-0.15, -0.1) is 5.10 Å². The maximum atomic E-state index is 11.4. The summed E-state index contributed by atoms with van der Waals surface area (Å²) in [5.41, 5.74) is 0.365. The van der Waals surface area contributed by atoms with Crippen LogP contribution in [0.25, 0.3) is 0 Å². The summed E-state index contributed by atoms with van der Waals surface area (Å²) in [6.45, 7) is 0.580. The molecule has 0 saturated heterocycles. The third kappa shape index (κ3) is 2.83. The molecule has 84 valence electrons. The van der Waals surface area contributed by atoms with E-state index in [0.717, 1.165) is 30.2 Å². The lowest BCUT2D eigenvalue weighted by atomic mass is 10.3. The Labute approximate surface area is 95.5 Å². The monoisotopic (exact) mass is 238 g/mol. The first-order chi connectivity index (χ1) is 7.86. The van der Waals surface area contributed by atoms with Crippen molar-refractivity contribution in [2.75, 3.05) is 6.54 Å². The number of nitrogens with one attached hydrogen (secondary N) is 2. The number of rotatable bonds is 5. The SMILES string of the molecule is O=C(NCCCc1ncn[nH]1)c1csnn1. The van der Waals surface area contributed by atoms with E-state index in [2.05, 4.69) is 30.1 Å². The summed E-state index contributed by atoms with van der Waals surface area (Å²) in [7, 11) is 0. The average Bonchev–Trinajstić information content (AvgIpc) is 2.96. The fraction of sp³-hybridized carbons (Fsp3) is 0.375. The lowest BCUT2D eigenvalue weighted by Crippen LogP contribution is -2.25. The van der Waals surface area contributed by atoms with Gasteiger partial charge < -0.3 is 5.32 Å². The average molecular weight is 238 g/mol. The third-order valence-corrected chi connectivity index (χ3v) is 2.44. The maximum Gasteiger partial charge on any atom is 0.272 e. The molecule has 2 heterocycles. The Hall–Kier alpha value is -1.83. The molecule has 0 spiro atoms. The molecule has 8 heteroatoms. The van der Waals surface area contributed by atoms with Crippen molar-refractivity contribution >= 4 is 17.4 Å². The number of aromatic nitrogens is 5. The largest absolute Gasteiger partial charge is 0.351 e. The van der Waals surface area contributed by atoms with E-state index in [1.165, 1.54) is 6.33 Å². The van der Waals surface area contributed by atoms with Gasteiger partial charge in [-0.05, 0) is 18.0 Å². The van der Waals surface area contributed by atoms with Gasteiger partial charge in [0, 0.05) is 18.3 Å². The summed E-state index contributed by atoms with van der Waals surface area (Å²) in [5, 5.41) is 14.5. The molecular weight excluding hydrogens is 228 g/mol. The quantitative estimate of drug-likeness (QED) is 0.716. The molecule has 7 nitrogen and oxygen atoms in total. The van der Waals surface area contributed by atoms with Crippen LogP contribution in [0.2, 0.25) is 0 Å². The number of carbonyl (C=O) groups is 1. The van der Waals surface area contributed by atoms with Crippen LogP contribution in [-0.2, 0) is 6.42 Å². The molecule has 0 saturated carbocycles. The highest BCUT2D eigenvalue weighted by Gasteiger charge is 2.07. The van der Waals surface area contributed by atoms with Crippen molar-refractivity contribution in [3.63, 3.8) is 0 Å². The predicted octanol–water partition coefficient (Wildman–Crippen LogP) is 0.0188. The first-order valence-electron chi connectivity index (χ1n) is 4.76. The molecule has 2 aromatic rings. The van der Waals surface area contributed by atoms with Gasteiger partial charge >= 0.3 is 0 Å². The van der Waals surface area contributed by atoms with E-state index in [4.69, 9.17) is 0 Å². The van der Waals surface area contributed by atoms with Gasteiger partial charge in [0.15, 0.2) is 5.69 Å². The minimum absolute atomic E-state index is 0.189. The standard InChI is InChI=1S/C8H10N6OS/c15-8(6-4-16-14-12-6)9-3-1-2-7-10-5-11-13-7/h4-5H,1-3H2,(H,9,15)(H,10,11,13). The van der Waals surface area contributed by atoms with Gasteiger partial charge in [0.1, 0.15) is 12.2 Å². The van der Waals surface area contributed by atoms with E-state index in [1.54, 1.807) is 5.38 Å². The number of amides is 1. The highest BCUT2D eigenvalue weighted by Crippen LogP contribution is 1.97. The second kappa shape index (κ2) is 5.31. The Bertz CT molecular complexity index is 425. The molecule has 0 bridgehead atoms. The van der Waals surface area contributed by atoms with Gasteiger partial charge in [0.25, 0.3) is 5.91 Å². The van der Waals surface area contributed by atoms with Crippen molar-refractivity contribution in [1.29, 1.82) is 0 Å². The molecule has 1 amide bonds. The number of aryl methyl sites for hydroxylation is 1. The van der Waals surface area contributed by atoms with Gasteiger partial charge in [0.05, 0.1) is 0 Å². The Kier molecular flexibility index (Phi) is 3.54. The fourth-order valence-electron chi connectivity index (χ4n) is 1.16. The molecule has 0 aliphatic rings. The van der Waals surface area contributed by atoms with Crippen LogP contribution in [0.1, 0.15) is 22.7 Å². The summed E-state index contributed by atoms with van der Waals surface area (Å²) in [6, 6.07) is 0. The lowest BCUT2D eigenvalue weighted by Gasteiger charge is -2.00. The molecule has 0 atom stereocenters. The number of carbonyl (C=O) groups excluding carboxylic acids is 1.